The molecule has 0 saturated heterocycles. The number of aromatic amines is 1. The Morgan fingerprint density at radius 3 is 2.78 bits per heavy atom. The van der Waals surface area contributed by atoms with Gasteiger partial charge in [-0.05, 0) is 36.8 Å². The van der Waals surface area contributed by atoms with Gasteiger partial charge >= 0.3 is 6.18 Å². The van der Waals surface area contributed by atoms with Crippen molar-refractivity contribution in [1.82, 2.24) is 14.9 Å². The van der Waals surface area contributed by atoms with Gasteiger partial charge in [0.25, 0.3) is 0 Å². The number of hydrogen-bond acceptors (Lipinski definition) is 2. The molecule has 2 aliphatic carbocycles. The first-order valence-corrected chi connectivity index (χ1v) is 9.19. The zero-order valence-corrected chi connectivity index (χ0v) is 14.8. The number of nitrogens with zero attached hydrogens (tertiary/aromatic N) is 2. The van der Waals surface area contributed by atoms with E-state index >= 15 is 0 Å². The number of halogens is 4. The predicted molar refractivity (Wildman–Crippen MR) is 96.6 cm³/mol. The Hall–Kier alpha value is -2.15. The maximum atomic E-state index is 14.4. The van der Waals surface area contributed by atoms with Crippen molar-refractivity contribution in [3.8, 4) is 0 Å². The molecule has 4 rings (SSSR count). The number of H-pyrrole nitrogens is 1. The molecule has 27 heavy (non-hydrogen) atoms. The van der Waals surface area contributed by atoms with E-state index in [1.165, 1.54) is 6.20 Å². The van der Waals surface area contributed by atoms with Gasteiger partial charge in [-0.25, -0.2) is 9.37 Å². The quantitative estimate of drug-likeness (QED) is 0.681. The number of aromatic nitrogens is 2. The number of nitrogens with one attached hydrogen (secondary N) is 1. The first kappa shape index (κ1) is 18.2. The molecule has 0 aliphatic heterocycles. The summed E-state index contributed by atoms with van der Waals surface area (Å²) in [5, 5.41) is 0.725. The third kappa shape index (κ3) is 4.40. The molecule has 2 heterocycles. The second kappa shape index (κ2) is 7.11. The average Bonchev–Trinajstić information content (AvgIpc) is 3.10. The summed E-state index contributed by atoms with van der Waals surface area (Å²) in [5.74, 6) is 0.139. The highest BCUT2D eigenvalue weighted by Crippen LogP contribution is 2.35. The van der Waals surface area contributed by atoms with Crippen molar-refractivity contribution < 1.29 is 17.6 Å². The van der Waals surface area contributed by atoms with E-state index < -0.39 is 12.6 Å². The Morgan fingerprint density at radius 1 is 1.22 bits per heavy atom. The van der Waals surface area contributed by atoms with Crippen molar-refractivity contribution in [3.05, 3.63) is 47.6 Å². The van der Waals surface area contributed by atoms with Crippen molar-refractivity contribution in [2.24, 2.45) is 5.92 Å². The molecule has 0 atom stereocenters. The van der Waals surface area contributed by atoms with Gasteiger partial charge in [0.1, 0.15) is 11.5 Å². The van der Waals surface area contributed by atoms with Gasteiger partial charge in [0, 0.05) is 36.8 Å². The van der Waals surface area contributed by atoms with Crippen LogP contribution < -0.4 is 0 Å². The van der Waals surface area contributed by atoms with Crippen molar-refractivity contribution in [2.45, 2.75) is 31.9 Å². The van der Waals surface area contributed by atoms with Crippen LogP contribution in [0.3, 0.4) is 0 Å². The topological polar surface area (TPSA) is 31.9 Å². The molecule has 0 spiro atoms. The molecule has 144 valence electrons. The van der Waals surface area contributed by atoms with Crippen LogP contribution in [0, 0.1) is 11.7 Å². The number of pyridine rings is 1. The number of rotatable bonds is 7. The van der Waals surface area contributed by atoms with Crippen LogP contribution in [0.15, 0.2) is 36.2 Å². The monoisotopic (exact) mass is 379 g/mol. The zero-order valence-electron chi connectivity index (χ0n) is 14.8. The molecule has 1 N–H and O–H groups in total. The largest absolute Gasteiger partial charge is 0.390 e. The maximum absolute atomic E-state index is 14.4. The number of alkyl halides is 3. The van der Waals surface area contributed by atoms with E-state index in [9.17, 15) is 17.6 Å². The fourth-order valence-corrected chi connectivity index (χ4v) is 3.64. The zero-order chi connectivity index (χ0) is 19.0. The van der Waals surface area contributed by atoms with E-state index in [1.807, 2.05) is 17.1 Å². The molecule has 2 aromatic rings. The van der Waals surface area contributed by atoms with Crippen LogP contribution in [0.1, 0.15) is 31.2 Å². The first-order chi connectivity index (χ1) is 12.9. The number of allylic oxidation sites excluding steroid dienone is 3. The molecule has 1 saturated carbocycles. The van der Waals surface area contributed by atoms with Gasteiger partial charge in [-0.15, -0.1) is 0 Å². The van der Waals surface area contributed by atoms with Gasteiger partial charge in [0.2, 0.25) is 0 Å². The van der Waals surface area contributed by atoms with Crippen LogP contribution in [0.2, 0.25) is 0 Å². The van der Waals surface area contributed by atoms with Gasteiger partial charge < -0.3 is 4.98 Å². The minimum Gasteiger partial charge on any atom is -0.346 e. The van der Waals surface area contributed by atoms with Gasteiger partial charge in [0.15, 0.2) is 0 Å². The second-order valence-corrected chi connectivity index (χ2v) is 7.46. The molecule has 1 fully saturated rings. The second-order valence-electron chi connectivity index (χ2n) is 7.46. The lowest BCUT2D eigenvalue weighted by Gasteiger charge is -2.24. The number of fused-ring (bicyclic) bond motifs is 1. The van der Waals surface area contributed by atoms with Crippen LogP contribution in [-0.2, 0) is 0 Å². The van der Waals surface area contributed by atoms with Crippen molar-refractivity contribution >= 4 is 16.6 Å². The highest BCUT2D eigenvalue weighted by Gasteiger charge is 2.31. The standard InChI is InChI=1S/C20H21F4N3/c21-17-10-26-19-16(5-7-25-19)18(17)15-4-3-14(9-15)12-27(11-13-1-2-13)8-6-20(22,23)24/h3-5,7,10,13H,1-2,6,8-9,11-12H2,(H,25,26). The summed E-state index contributed by atoms with van der Waals surface area (Å²) < 4.78 is 52.3. The van der Waals surface area contributed by atoms with Crippen LogP contribution in [-0.4, -0.2) is 40.7 Å². The molecule has 7 heteroatoms. The van der Waals surface area contributed by atoms with E-state index in [2.05, 4.69) is 9.97 Å². The summed E-state index contributed by atoms with van der Waals surface area (Å²) in [5.41, 5.74) is 3.02. The minimum atomic E-state index is -4.14. The minimum absolute atomic E-state index is 0.0122. The Balaban J connectivity index is 1.44. The fourth-order valence-electron chi connectivity index (χ4n) is 3.64. The van der Waals surface area contributed by atoms with E-state index in [0.29, 0.717) is 36.6 Å². The summed E-state index contributed by atoms with van der Waals surface area (Å²) in [4.78, 5) is 8.91. The maximum Gasteiger partial charge on any atom is 0.390 e. The van der Waals surface area contributed by atoms with Gasteiger partial charge in [-0.1, -0.05) is 17.7 Å². The summed E-state index contributed by atoms with van der Waals surface area (Å²) in [6, 6.07) is 1.79. The predicted octanol–water partition coefficient (Wildman–Crippen LogP) is 5.08. The van der Waals surface area contributed by atoms with E-state index in [0.717, 1.165) is 29.4 Å². The fraction of sp³-hybridized carbons (Fsp3) is 0.450. The molecule has 2 aliphatic rings. The molecule has 0 bridgehead atoms. The van der Waals surface area contributed by atoms with Crippen LogP contribution in [0.4, 0.5) is 17.6 Å². The van der Waals surface area contributed by atoms with Gasteiger partial charge in [0.05, 0.1) is 12.6 Å². The Morgan fingerprint density at radius 2 is 2.04 bits per heavy atom. The molecule has 0 aromatic carbocycles. The smallest absolute Gasteiger partial charge is 0.346 e. The average molecular weight is 379 g/mol. The third-order valence-electron chi connectivity index (χ3n) is 5.15. The molecule has 3 nitrogen and oxygen atoms in total. The van der Waals surface area contributed by atoms with Crippen molar-refractivity contribution in [2.75, 3.05) is 19.6 Å². The normalized spacial score (nSPS) is 17.7. The third-order valence-corrected chi connectivity index (χ3v) is 5.15. The first-order valence-electron chi connectivity index (χ1n) is 9.19. The molecule has 2 aromatic heterocycles. The summed E-state index contributed by atoms with van der Waals surface area (Å²) in [6.45, 7) is 1.21. The molecule has 0 amide bonds. The lowest BCUT2D eigenvalue weighted by Crippen LogP contribution is -2.31. The summed E-state index contributed by atoms with van der Waals surface area (Å²) in [6.07, 6.45) is 4.52. The Kier molecular flexibility index (Phi) is 4.80. The number of hydrogen-bond donors (Lipinski definition) is 1. The Bertz CT molecular complexity index is 890. The molecular formula is C20H21F4N3. The summed E-state index contributed by atoms with van der Waals surface area (Å²) >= 11 is 0. The van der Waals surface area contributed by atoms with Crippen LogP contribution in [0.25, 0.3) is 16.6 Å². The van der Waals surface area contributed by atoms with Gasteiger partial charge in [-0.3, -0.25) is 4.90 Å². The van der Waals surface area contributed by atoms with E-state index in [4.69, 9.17) is 0 Å². The SMILES string of the molecule is Fc1cnc2[nH]ccc2c1C1=CC=C(CN(CCC(F)(F)F)CC2CC2)C1. The summed E-state index contributed by atoms with van der Waals surface area (Å²) in [7, 11) is 0. The highest BCUT2D eigenvalue weighted by molar-refractivity contribution is 5.92. The molecular weight excluding hydrogens is 358 g/mol. The van der Waals surface area contributed by atoms with E-state index in [1.54, 1.807) is 12.3 Å². The van der Waals surface area contributed by atoms with Crippen LogP contribution in [0.5, 0.6) is 0 Å². The lowest BCUT2D eigenvalue weighted by atomic mass is 10.0. The Labute approximate surface area is 154 Å². The molecule has 0 unspecified atom stereocenters. The van der Waals surface area contributed by atoms with Gasteiger partial charge in [-0.2, -0.15) is 13.2 Å². The van der Waals surface area contributed by atoms with Crippen molar-refractivity contribution in [3.63, 3.8) is 0 Å². The van der Waals surface area contributed by atoms with Crippen molar-refractivity contribution in [1.29, 1.82) is 0 Å². The van der Waals surface area contributed by atoms with Crippen LogP contribution >= 0.6 is 0 Å². The van der Waals surface area contributed by atoms with E-state index in [-0.39, 0.29) is 12.4 Å². The lowest BCUT2D eigenvalue weighted by molar-refractivity contribution is -0.137. The highest BCUT2D eigenvalue weighted by atomic mass is 19.4. The molecule has 0 radical (unpaired) electrons.